The summed E-state index contributed by atoms with van der Waals surface area (Å²) in [5.41, 5.74) is -3.30. The Labute approximate surface area is 133 Å². The van der Waals surface area contributed by atoms with Gasteiger partial charge in [0.15, 0.2) is 0 Å². The zero-order valence-corrected chi connectivity index (χ0v) is 12.2. The summed E-state index contributed by atoms with van der Waals surface area (Å²) in [6.45, 7) is 0. The Morgan fingerprint density at radius 1 is 0.792 bits per heavy atom. The minimum absolute atomic E-state index is 0.0181. The fraction of sp³-hybridized carbons (Fsp3) is 0.250. The third-order valence-corrected chi connectivity index (χ3v) is 3.36. The fourth-order valence-corrected chi connectivity index (χ4v) is 2.12. The van der Waals surface area contributed by atoms with E-state index in [1.165, 1.54) is 31.4 Å². The first-order valence-electron chi connectivity index (χ1n) is 6.64. The first-order valence-corrected chi connectivity index (χ1v) is 6.64. The Balaban J connectivity index is 2.51. The minimum atomic E-state index is -4.96. The molecule has 2 aromatic rings. The maximum Gasteiger partial charge on any atom is 0.416 e. The van der Waals surface area contributed by atoms with E-state index in [0.29, 0.717) is 17.9 Å². The van der Waals surface area contributed by atoms with Gasteiger partial charge in [0.2, 0.25) is 0 Å². The molecule has 0 aliphatic heterocycles. The van der Waals surface area contributed by atoms with Gasteiger partial charge in [0.05, 0.1) is 18.2 Å². The number of benzene rings is 2. The molecule has 0 aliphatic carbocycles. The minimum Gasteiger partial charge on any atom is -0.497 e. The summed E-state index contributed by atoms with van der Waals surface area (Å²) in [6.07, 6.45) is -11.6. The molecule has 0 bridgehead atoms. The first-order chi connectivity index (χ1) is 11.0. The number of methoxy groups -OCH3 is 1. The van der Waals surface area contributed by atoms with Crippen molar-refractivity contribution in [2.75, 3.05) is 7.11 Å². The summed E-state index contributed by atoms with van der Waals surface area (Å²) in [6, 6.07) is 6.63. The van der Waals surface area contributed by atoms with Crippen LogP contribution in [0.15, 0.2) is 42.5 Å². The normalized spacial score (nSPS) is 13.7. The van der Waals surface area contributed by atoms with Crippen LogP contribution in [-0.2, 0) is 12.4 Å². The van der Waals surface area contributed by atoms with Crippen molar-refractivity contribution in [3.8, 4) is 5.75 Å². The van der Waals surface area contributed by atoms with E-state index in [0.717, 1.165) is 0 Å². The predicted molar refractivity (Wildman–Crippen MR) is 73.5 cm³/mol. The fourth-order valence-electron chi connectivity index (χ4n) is 2.12. The maximum absolute atomic E-state index is 12.8. The number of halogens is 6. The third kappa shape index (κ3) is 4.00. The lowest BCUT2D eigenvalue weighted by Gasteiger charge is -2.17. The van der Waals surface area contributed by atoms with Gasteiger partial charge < -0.3 is 9.84 Å². The number of aliphatic hydroxyl groups excluding tert-OH is 1. The second-order valence-corrected chi connectivity index (χ2v) is 5.01. The van der Waals surface area contributed by atoms with Crippen LogP contribution >= 0.6 is 0 Å². The van der Waals surface area contributed by atoms with Crippen molar-refractivity contribution in [1.82, 2.24) is 0 Å². The van der Waals surface area contributed by atoms with Crippen molar-refractivity contribution >= 4 is 0 Å². The van der Waals surface area contributed by atoms with Crippen LogP contribution in [0.25, 0.3) is 0 Å². The highest BCUT2D eigenvalue weighted by Crippen LogP contribution is 2.38. The van der Waals surface area contributed by atoms with Crippen LogP contribution in [0.1, 0.15) is 28.4 Å². The second-order valence-electron chi connectivity index (χ2n) is 5.01. The van der Waals surface area contributed by atoms with Crippen LogP contribution in [0.5, 0.6) is 5.75 Å². The van der Waals surface area contributed by atoms with Gasteiger partial charge in [-0.2, -0.15) is 26.3 Å². The molecule has 2 aromatic carbocycles. The van der Waals surface area contributed by atoms with Crippen LogP contribution in [0, 0.1) is 0 Å². The number of hydrogen-bond donors (Lipinski definition) is 1. The second kappa shape index (κ2) is 6.35. The summed E-state index contributed by atoms with van der Waals surface area (Å²) in [5.74, 6) is 0.436. The van der Waals surface area contributed by atoms with Crippen molar-refractivity contribution in [1.29, 1.82) is 0 Å². The molecule has 1 unspecified atom stereocenters. The summed E-state index contributed by atoms with van der Waals surface area (Å²) in [4.78, 5) is 0. The number of ether oxygens (including phenoxy) is 1. The van der Waals surface area contributed by atoms with Crippen LogP contribution in [0.2, 0.25) is 0 Å². The Kier molecular flexibility index (Phi) is 4.80. The summed E-state index contributed by atoms with van der Waals surface area (Å²) in [7, 11) is 1.40. The van der Waals surface area contributed by atoms with Crippen LogP contribution < -0.4 is 4.74 Å². The highest BCUT2D eigenvalue weighted by atomic mass is 19.4. The van der Waals surface area contributed by atoms with Crippen molar-refractivity contribution in [3.05, 3.63) is 64.7 Å². The molecule has 0 aromatic heterocycles. The molecule has 8 heteroatoms. The van der Waals surface area contributed by atoms with Gasteiger partial charge in [-0.05, 0) is 41.5 Å². The van der Waals surface area contributed by atoms with Crippen LogP contribution in [0.3, 0.4) is 0 Å². The monoisotopic (exact) mass is 350 g/mol. The maximum atomic E-state index is 12.8. The molecule has 0 aliphatic rings. The average Bonchev–Trinajstić information content (AvgIpc) is 2.52. The van der Waals surface area contributed by atoms with Gasteiger partial charge in [-0.25, -0.2) is 0 Å². The topological polar surface area (TPSA) is 29.5 Å². The third-order valence-electron chi connectivity index (χ3n) is 3.36. The van der Waals surface area contributed by atoms with E-state index >= 15 is 0 Å². The standard InChI is InChI=1S/C16H12F6O2/c1-24-13-4-2-9(3-5-13)14(23)10-6-11(15(17,18)19)8-12(7-10)16(20,21)22/h2-8,14,23H,1H3. The van der Waals surface area contributed by atoms with Gasteiger partial charge in [0.25, 0.3) is 0 Å². The summed E-state index contributed by atoms with van der Waals surface area (Å²) >= 11 is 0. The lowest BCUT2D eigenvalue weighted by molar-refractivity contribution is -0.143. The van der Waals surface area contributed by atoms with Crippen LogP contribution in [0.4, 0.5) is 26.3 Å². The molecule has 0 saturated heterocycles. The SMILES string of the molecule is COc1ccc(C(O)c2cc(C(F)(F)F)cc(C(F)(F)F)c2)cc1. The molecular formula is C16H12F6O2. The van der Waals surface area contributed by atoms with Crippen molar-refractivity contribution in [2.45, 2.75) is 18.5 Å². The molecule has 0 amide bonds. The van der Waals surface area contributed by atoms with E-state index in [1.54, 1.807) is 0 Å². The van der Waals surface area contributed by atoms with E-state index in [-0.39, 0.29) is 11.6 Å². The van der Waals surface area contributed by atoms with Gasteiger partial charge in [-0.3, -0.25) is 0 Å². The van der Waals surface area contributed by atoms with E-state index in [1.807, 2.05) is 0 Å². The largest absolute Gasteiger partial charge is 0.497 e. The van der Waals surface area contributed by atoms with E-state index in [9.17, 15) is 31.4 Å². The average molecular weight is 350 g/mol. The molecule has 2 nitrogen and oxygen atoms in total. The van der Waals surface area contributed by atoms with E-state index in [2.05, 4.69) is 0 Å². The molecule has 0 fully saturated rings. The van der Waals surface area contributed by atoms with Gasteiger partial charge in [0, 0.05) is 0 Å². The van der Waals surface area contributed by atoms with Crippen molar-refractivity contribution in [2.24, 2.45) is 0 Å². The molecule has 0 radical (unpaired) electrons. The Hall–Kier alpha value is -2.22. The number of rotatable bonds is 3. The zero-order valence-electron chi connectivity index (χ0n) is 12.2. The Morgan fingerprint density at radius 3 is 1.62 bits per heavy atom. The summed E-state index contributed by atoms with van der Waals surface area (Å²) < 4.78 is 81.9. The number of aliphatic hydroxyl groups is 1. The van der Waals surface area contributed by atoms with Crippen molar-refractivity contribution in [3.63, 3.8) is 0 Å². The smallest absolute Gasteiger partial charge is 0.416 e. The Bertz CT molecular complexity index is 672. The molecule has 24 heavy (non-hydrogen) atoms. The van der Waals surface area contributed by atoms with Crippen molar-refractivity contribution < 1.29 is 36.2 Å². The number of alkyl halides is 6. The van der Waals surface area contributed by atoms with E-state index < -0.39 is 35.1 Å². The highest BCUT2D eigenvalue weighted by molar-refractivity contribution is 5.39. The Morgan fingerprint density at radius 2 is 1.25 bits per heavy atom. The van der Waals surface area contributed by atoms with Gasteiger partial charge in [-0.1, -0.05) is 12.1 Å². The van der Waals surface area contributed by atoms with E-state index in [4.69, 9.17) is 4.74 Å². The van der Waals surface area contributed by atoms with Gasteiger partial charge >= 0.3 is 12.4 Å². The lowest BCUT2D eigenvalue weighted by atomic mass is 9.96. The highest BCUT2D eigenvalue weighted by Gasteiger charge is 2.37. The molecule has 130 valence electrons. The van der Waals surface area contributed by atoms with Gasteiger partial charge in [-0.15, -0.1) is 0 Å². The summed E-state index contributed by atoms with van der Waals surface area (Å²) in [5, 5.41) is 10.2. The molecule has 1 atom stereocenters. The lowest BCUT2D eigenvalue weighted by Crippen LogP contribution is -2.13. The predicted octanol–water partition coefficient (Wildman–Crippen LogP) is 4.81. The first kappa shape index (κ1) is 18.1. The molecular weight excluding hydrogens is 338 g/mol. The molecule has 0 heterocycles. The van der Waals surface area contributed by atoms with Crippen LogP contribution in [-0.4, -0.2) is 12.2 Å². The molecule has 0 saturated carbocycles. The van der Waals surface area contributed by atoms with Gasteiger partial charge in [0.1, 0.15) is 11.9 Å². The number of hydrogen-bond acceptors (Lipinski definition) is 2. The zero-order chi connectivity index (χ0) is 18.1. The molecule has 1 N–H and O–H groups in total. The molecule has 2 rings (SSSR count). The molecule has 0 spiro atoms. The quantitative estimate of drug-likeness (QED) is 0.805.